The fourth-order valence-corrected chi connectivity index (χ4v) is 2.56. The Kier molecular flexibility index (Phi) is 4.59. The van der Waals surface area contributed by atoms with Crippen LogP contribution in [0.5, 0.6) is 0 Å². The Labute approximate surface area is 124 Å². The van der Waals surface area contributed by atoms with Gasteiger partial charge in [0.2, 0.25) is 17.7 Å². The predicted molar refractivity (Wildman–Crippen MR) is 75.0 cm³/mol. The summed E-state index contributed by atoms with van der Waals surface area (Å²) in [5.41, 5.74) is 0. The molecule has 3 atom stereocenters. The highest BCUT2D eigenvalue weighted by Gasteiger charge is 2.41. The third-order valence-corrected chi connectivity index (χ3v) is 4.01. The lowest BCUT2D eigenvalue weighted by atomic mass is 9.93. The van der Waals surface area contributed by atoms with E-state index in [9.17, 15) is 9.59 Å². The number of nitrogens with one attached hydrogen (secondary N) is 1. The van der Waals surface area contributed by atoms with Crippen molar-refractivity contribution >= 4 is 11.8 Å². The van der Waals surface area contributed by atoms with E-state index in [-0.39, 0.29) is 24.3 Å². The van der Waals surface area contributed by atoms with Gasteiger partial charge in [-0.1, -0.05) is 32.3 Å². The number of nitrogens with zero attached hydrogens (tertiary/aromatic N) is 3. The van der Waals surface area contributed by atoms with Crippen LogP contribution in [0.25, 0.3) is 0 Å². The van der Waals surface area contributed by atoms with Crippen molar-refractivity contribution in [2.24, 2.45) is 5.92 Å². The molecule has 0 aliphatic carbocycles. The summed E-state index contributed by atoms with van der Waals surface area (Å²) in [5, 5.41) is 6.66. The van der Waals surface area contributed by atoms with Gasteiger partial charge in [-0.25, -0.2) is 0 Å². The van der Waals surface area contributed by atoms with Crippen molar-refractivity contribution in [1.82, 2.24) is 20.4 Å². The second-order valence-corrected chi connectivity index (χ2v) is 5.49. The second-order valence-electron chi connectivity index (χ2n) is 5.49. The minimum absolute atomic E-state index is 0.0711. The highest BCUT2D eigenvalue weighted by Crippen LogP contribution is 2.21. The van der Waals surface area contributed by atoms with Crippen LogP contribution in [0.2, 0.25) is 0 Å². The van der Waals surface area contributed by atoms with Crippen LogP contribution < -0.4 is 5.32 Å². The van der Waals surface area contributed by atoms with Crippen molar-refractivity contribution in [1.29, 1.82) is 0 Å². The number of amides is 2. The molecule has 1 aromatic rings. The molecule has 1 aliphatic rings. The summed E-state index contributed by atoms with van der Waals surface area (Å²) in [6.07, 6.45) is 1.38. The largest absolute Gasteiger partial charge is 0.342 e. The fraction of sp³-hybridized carbons (Fsp3) is 0.714. The van der Waals surface area contributed by atoms with E-state index >= 15 is 0 Å². The average Bonchev–Trinajstić information content (AvgIpc) is 2.87. The standard InChI is InChI=1S/C14H22N4O3/c1-5-8(3)12-14(20)18(10(6-2)13(19)16-12)7-11-15-9(4)21-17-11/h8,10,12H,5-7H2,1-4H3,(H,16,19). The molecule has 0 spiro atoms. The predicted octanol–water partition coefficient (Wildman–Crippen LogP) is 1.03. The molecule has 1 aliphatic heterocycles. The minimum Gasteiger partial charge on any atom is -0.342 e. The molecular weight excluding hydrogens is 272 g/mol. The molecule has 0 radical (unpaired) electrons. The summed E-state index contributed by atoms with van der Waals surface area (Å²) in [5.74, 6) is 0.789. The number of aromatic nitrogens is 2. The molecule has 1 N–H and O–H groups in total. The van der Waals surface area contributed by atoms with E-state index in [0.29, 0.717) is 18.1 Å². The van der Waals surface area contributed by atoms with Crippen molar-refractivity contribution in [3.63, 3.8) is 0 Å². The van der Waals surface area contributed by atoms with Crippen LogP contribution in [0.15, 0.2) is 4.52 Å². The monoisotopic (exact) mass is 294 g/mol. The molecule has 7 nitrogen and oxygen atoms in total. The van der Waals surface area contributed by atoms with Crippen LogP contribution in [-0.4, -0.2) is 38.9 Å². The van der Waals surface area contributed by atoms with Gasteiger partial charge in [0.25, 0.3) is 0 Å². The normalized spacial score (nSPS) is 24.1. The van der Waals surface area contributed by atoms with Crippen molar-refractivity contribution in [2.75, 3.05) is 0 Å². The first-order valence-electron chi connectivity index (χ1n) is 7.37. The van der Waals surface area contributed by atoms with Gasteiger partial charge in [-0.05, 0) is 12.3 Å². The van der Waals surface area contributed by atoms with Gasteiger partial charge in [0.1, 0.15) is 12.1 Å². The van der Waals surface area contributed by atoms with E-state index in [2.05, 4.69) is 15.5 Å². The maximum absolute atomic E-state index is 12.7. The molecule has 21 heavy (non-hydrogen) atoms. The lowest BCUT2D eigenvalue weighted by molar-refractivity contribution is -0.151. The number of hydrogen-bond donors (Lipinski definition) is 1. The summed E-state index contributed by atoms with van der Waals surface area (Å²) in [6, 6.07) is -0.949. The van der Waals surface area contributed by atoms with Gasteiger partial charge in [-0.15, -0.1) is 0 Å². The van der Waals surface area contributed by atoms with Crippen LogP contribution in [0, 0.1) is 12.8 Å². The summed E-state index contributed by atoms with van der Waals surface area (Å²) in [7, 11) is 0. The third kappa shape index (κ3) is 3.06. The lowest BCUT2D eigenvalue weighted by Crippen LogP contribution is -2.64. The first-order chi connectivity index (χ1) is 9.97. The van der Waals surface area contributed by atoms with E-state index in [4.69, 9.17) is 4.52 Å². The zero-order chi connectivity index (χ0) is 15.6. The average molecular weight is 294 g/mol. The molecular formula is C14H22N4O3. The Balaban J connectivity index is 2.24. The van der Waals surface area contributed by atoms with Gasteiger partial charge in [-0.2, -0.15) is 4.98 Å². The number of piperazine rings is 1. The number of rotatable bonds is 5. The topological polar surface area (TPSA) is 88.3 Å². The van der Waals surface area contributed by atoms with E-state index in [0.717, 1.165) is 6.42 Å². The molecule has 7 heteroatoms. The smallest absolute Gasteiger partial charge is 0.246 e. The first-order valence-corrected chi connectivity index (χ1v) is 7.37. The maximum atomic E-state index is 12.7. The van der Waals surface area contributed by atoms with Gasteiger partial charge in [0.05, 0.1) is 6.54 Å². The molecule has 1 saturated heterocycles. The Hall–Kier alpha value is -1.92. The Morgan fingerprint density at radius 2 is 2.10 bits per heavy atom. The van der Waals surface area contributed by atoms with Gasteiger partial charge in [-0.3, -0.25) is 9.59 Å². The molecule has 116 valence electrons. The number of hydrogen-bond acceptors (Lipinski definition) is 5. The third-order valence-electron chi connectivity index (χ3n) is 4.01. The molecule has 1 aromatic heterocycles. The van der Waals surface area contributed by atoms with E-state index < -0.39 is 12.1 Å². The van der Waals surface area contributed by atoms with Gasteiger partial charge in [0.15, 0.2) is 5.82 Å². The summed E-state index contributed by atoms with van der Waals surface area (Å²) in [4.78, 5) is 30.6. The second kappa shape index (κ2) is 6.24. The van der Waals surface area contributed by atoms with Crippen molar-refractivity contribution in [2.45, 2.75) is 59.2 Å². The number of aryl methyl sites for hydroxylation is 1. The van der Waals surface area contributed by atoms with E-state index in [1.807, 2.05) is 20.8 Å². The Bertz CT molecular complexity index is 528. The summed E-state index contributed by atoms with van der Waals surface area (Å²) >= 11 is 0. The highest BCUT2D eigenvalue weighted by molar-refractivity contribution is 5.97. The first kappa shape index (κ1) is 15.5. The van der Waals surface area contributed by atoms with Crippen molar-refractivity contribution in [3.05, 3.63) is 11.7 Å². The molecule has 2 amide bonds. The molecule has 0 saturated carbocycles. The molecule has 0 bridgehead atoms. The highest BCUT2D eigenvalue weighted by atomic mass is 16.5. The zero-order valence-corrected chi connectivity index (χ0v) is 12.9. The quantitative estimate of drug-likeness (QED) is 0.876. The molecule has 1 fully saturated rings. The van der Waals surface area contributed by atoms with Crippen molar-refractivity contribution < 1.29 is 14.1 Å². The van der Waals surface area contributed by atoms with Crippen LogP contribution in [-0.2, 0) is 16.1 Å². The van der Waals surface area contributed by atoms with Gasteiger partial charge < -0.3 is 14.7 Å². The van der Waals surface area contributed by atoms with E-state index in [1.165, 1.54) is 0 Å². The summed E-state index contributed by atoms with van der Waals surface area (Å²) < 4.78 is 4.93. The number of carbonyl (C=O) groups is 2. The van der Waals surface area contributed by atoms with Crippen LogP contribution in [0.3, 0.4) is 0 Å². The summed E-state index contributed by atoms with van der Waals surface area (Å²) in [6.45, 7) is 7.75. The zero-order valence-electron chi connectivity index (χ0n) is 12.9. The Morgan fingerprint density at radius 1 is 1.38 bits per heavy atom. The molecule has 2 rings (SSSR count). The maximum Gasteiger partial charge on any atom is 0.246 e. The van der Waals surface area contributed by atoms with Crippen LogP contribution in [0.4, 0.5) is 0 Å². The SMILES string of the molecule is CCC(C)C1NC(=O)C(CC)N(Cc2noc(C)n2)C1=O. The fourth-order valence-electron chi connectivity index (χ4n) is 2.56. The van der Waals surface area contributed by atoms with Gasteiger partial charge >= 0.3 is 0 Å². The Morgan fingerprint density at radius 3 is 2.62 bits per heavy atom. The van der Waals surface area contributed by atoms with Gasteiger partial charge in [0, 0.05) is 6.92 Å². The van der Waals surface area contributed by atoms with Crippen LogP contribution in [0.1, 0.15) is 45.3 Å². The number of carbonyl (C=O) groups excluding carboxylic acids is 2. The van der Waals surface area contributed by atoms with Crippen LogP contribution >= 0.6 is 0 Å². The minimum atomic E-state index is -0.475. The molecule has 2 heterocycles. The molecule has 0 aromatic carbocycles. The molecule has 3 unspecified atom stereocenters. The lowest BCUT2D eigenvalue weighted by Gasteiger charge is -2.39. The van der Waals surface area contributed by atoms with Crippen molar-refractivity contribution in [3.8, 4) is 0 Å². The van der Waals surface area contributed by atoms with E-state index in [1.54, 1.807) is 11.8 Å².